The van der Waals surface area contributed by atoms with E-state index in [4.69, 9.17) is 47.4 Å². The van der Waals surface area contributed by atoms with Crippen LogP contribution < -0.4 is 5.32 Å². The largest absolute Gasteiger partial charge is 0.463 e. The molecule has 0 aromatic heterocycles. The first-order chi connectivity index (χ1) is 33.2. The fourth-order valence-electron chi connectivity index (χ4n) is 8.05. The zero-order valence-electron chi connectivity index (χ0n) is 37.6. The maximum absolute atomic E-state index is 13.7. The van der Waals surface area contributed by atoms with Crippen LogP contribution in [-0.2, 0) is 77.9 Å². The van der Waals surface area contributed by atoms with Gasteiger partial charge in [-0.1, -0.05) is 89.1 Å². The van der Waals surface area contributed by atoms with E-state index in [9.17, 15) is 44.9 Å². The molecule has 3 aromatic rings. The van der Waals surface area contributed by atoms with Crippen LogP contribution in [0.4, 0.5) is 4.79 Å². The number of hydrogen-bond acceptors (Lipinski definition) is 19. The van der Waals surface area contributed by atoms with E-state index in [1.165, 1.54) is 0 Å². The Kier molecular flexibility index (Phi) is 17.9. The fourth-order valence-corrected chi connectivity index (χ4v) is 8.05. The molecule has 2 heterocycles. The van der Waals surface area contributed by atoms with Crippen molar-refractivity contribution >= 4 is 35.9 Å². The number of nitrogens with zero attached hydrogens (tertiary/aromatic N) is 6. The van der Waals surface area contributed by atoms with Crippen LogP contribution in [0.2, 0.25) is 0 Å². The van der Waals surface area contributed by atoms with Crippen molar-refractivity contribution in [2.75, 3.05) is 26.4 Å². The number of esters is 5. The number of benzene rings is 3. The highest BCUT2D eigenvalue weighted by atomic mass is 16.7. The molecule has 0 unspecified atom stereocenters. The predicted octanol–water partition coefficient (Wildman–Crippen LogP) is 4.20. The summed E-state index contributed by atoms with van der Waals surface area (Å²) in [6.45, 7) is 1.87. The van der Waals surface area contributed by atoms with Gasteiger partial charge in [0.2, 0.25) is 0 Å². The summed E-state index contributed by atoms with van der Waals surface area (Å²) in [4.78, 5) is 81.5. The van der Waals surface area contributed by atoms with Gasteiger partial charge in [0.15, 0.2) is 30.8 Å². The molecule has 3 aromatic carbocycles. The third-order valence-electron chi connectivity index (χ3n) is 11.0. The number of carbonyl (C=O) groups is 6. The van der Waals surface area contributed by atoms with E-state index < -0.39 is 123 Å². The molecular formula is C45H49N7O17. The zero-order chi connectivity index (χ0) is 49.6. The minimum absolute atomic E-state index is 0.109. The number of rotatable bonds is 19. The highest BCUT2D eigenvalue weighted by molar-refractivity contribution is 5.82. The minimum atomic E-state index is -1.84. The summed E-state index contributed by atoms with van der Waals surface area (Å²) in [6, 6.07) is 19.2. The van der Waals surface area contributed by atoms with Crippen LogP contribution >= 0.6 is 0 Å². The number of amides is 1. The van der Waals surface area contributed by atoms with Crippen molar-refractivity contribution in [3.8, 4) is 11.1 Å². The number of nitrogens with one attached hydrogen (secondary N) is 1. The van der Waals surface area contributed by atoms with Gasteiger partial charge in [0, 0.05) is 43.4 Å². The Morgan fingerprint density at radius 2 is 1.17 bits per heavy atom. The molecule has 24 nitrogen and oxygen atoms in total. The van der Waals surface area contributed by atoms with Gasteiger partial charge in [0.1, 0.15) is 56.3 Å². The van der Waals surface area contributed by atoms with Gasteiger partial charge >= 0.3 is 35.9 Å². The van der Waals surface area contributed by atoms with Gasteiger partial charge < -0.3 is 57.8 Å². The Balaban J connectivity index is 1.23. The molecule has 0 bridgehead atoms. The Morgan fingerprint density at radius 1 is 0.638 bits per heavy atom. The lowest BCUT2D eigenvalue weighted by molar-refractivity contribution is -0.303. The van der Waals surface area contributed by atoms with Crippen molar-refractivity contribution in [1.29, 1.82) is 0 Å². The Hall–Kier alpha value is -7.30. The molecule has 2 N–H and O–H groups in total. The second-order valence-corrected chi connectivity index (χ2v) is 15.8. The van der Waals surface area contributed by atoms with E-state index in [-0.39, 0.29) is 19.1 Å². The molecule has 24 heteroatoms. The lowest BCUT2D eigenvalue weighted by atomic mass is 9.96. The molecule has 366 valence electrons. The number of azide groups is 2. The molecule has 0 spiro atoms. The lowest BCUT2D eigenvalue weighted by Crippen LogP contribution is -2.63. The molecule has 2 aliphatic heterocycles. The van der Waals surface area contributed by atoms with Gasteiger partial charge in [-0.25, -0.2) is 9.59 Å². The van der Waals surface area contributed by atoms with Gasteiger partial charge in [-0.2, -0.15) is 0 Å². The summed E-state index contributed by atoms with van der Waals surface area (Å²) in [5.41, 5.74) is 23.6. The number of hydrogen-bond donors (Lipinski definition) is 2. The summed E-state index contributed by atoms with van der Waals surface area (Å²) in [6.07, 6.45) is -14.0. The molecule has 1 aliphatic carbocycles. The van der Waals surface area contributed by atoms with Gasteiger partial charge in [0.25, 0.3) is 0 Å². The van der Waals surface area contributed by atoms with E-state index in [1.807, 2.05) is 48.5 Å². The summed E-state index contributed by atoms with van der Waals surface area (Å²) >= 11 is 0. The molecule has 0 radical (unpaired) electrons. The number of aliphatic hydroxyl groups is 1. The lowest BCUT2D eigenvalue weighted by Gasteiger charge is -2.45. The van der Waals surface area contributed by atoms with Crippen LogP contribution in [0.1, 0.15) is 50.3 Å². The first-order valence-corrected chi connectivity index (χ1v) is 21.5. The van der Waals surface area contributed by atoms with E-state index in [2.05, 4.69) is 25.4 Å². The van der Waals surface area contributed by atoms with Crippen molar-refractivity contribution in [1.82, 2.24) is 5.32 Å². The third-order valence-corrected chi connectivity index (χ3v) is 11.0. The van der Waals surface area contributed by atoms with Crippen molar-refractivity contribution in [3.05, 3.63) is 116 Å². The average Bonchev–Trinajstić information content (AvgIpc) is 3.64. The number of carbonyl (C=O) groups excluding carboxylic acids is 6. The van der Waals surface area contributed by atoms with Crippen LogP contribution in [0.3, 0.4) is 0 Å². The Morgan fingerprint density at radius 3 is 1.77 bits per heavy atom. The first-order valence-electron chi connectivity index (χ1n) is 21.5. The standard InChI is InChI=1S/C45H49N7O17/c1-23(53)60-22-35-39(65-24(2)54)41(67-26(4)56)37(50-52-47)44(69-35)63-21-34-38(57)40(66-25(3)55)36(49-51-46)43(68-34)62-20-33(42(58)61-18-27-12-6-5-7-13-27)48-45(59)64-19-32-30-16-10-8-14-28(30)29-15-9-11-17-31(29)32/h5-17,32-41,43-44,57H,18-22H2,1-4H3,(H,48,59)/t33-,34+,35+,36+,37+,38-,39-,40+,41+,43-,44-/m0/s1. The van der Waals surface area contributed by atoms with Gasteiger partial charge in [-0.05, 0) is 38.9 Å². The zero-order valence-corrected chi connectivity index (χ0v) is 37.6. The Bertz CT molecular complexity index is 2390. The third kappa shape index (κ3) is 13.2. The molecule has 0 saturated carbocycles. The molecular weight excluding hydrogens is 911 g/mol. The molecule has 2 saturated heterocycles. The van der Waals surface area contributed by atoms with E-state index >= 15 is 0 Å². The summed E-state index contributed by atoms with van der Waals surface area (Å²) in [5.74, 6) is -4.73. The molecule has 2 fully saturated rings. The molecule has 3 aliphatic rings. The normalized spacial score (nSPS) is 25.1. The maximum Gasteiger partial charge on any atom is 0.407 e. The first kappa shape index (κ1) is 51.1. The molecule has 1 amide bonds. The van der Waals surface area contributed by atoms with Crippen LogP contribution in [0.5, 0.6) is 0 Å². The topological polar surface area (TPSA) is 324 Å². The maximum atomic E-state index is 13.7. The molecule has 69 heavy (non-hydrogen) atoms. The van der Waals surface area contributed by atoms with Crippen molar-refractivity contribution in [2.24, 2.45) is 10.2 Å². The highest BCUT2D eigenvalue weighted by Gasteiger charge is 2.53. The van der Waals surface area contributed by atoms with Crippen LogP contribution in [-0.4, -0.2) is 135 Å². The van der Waals surface area contributed by atoms with Gasteiger partial charge in [0.05, 0.1) is 13.2 Å². The second-order valence-electron chi connectivity index (χ2n) is 15.8. The molecule has 11 atom stereocenters. The minimum Gasteiger partial charge on any atom is -0.463 e. The predicted molar refractivity (Wildman–Crippen MR) is 233 cm³/mol. The monoisotopic (exact) mass is 959 g/mol. The van der Waals surface area contributed by atoms with Crippen LogP contribution in [0.15, 0.2) is 89.1 Å². The van der Waals surface area contributed by atoms with Crippen LogP contribution in [0.25, 0.3) is 32.0 Å². The van der Waals surface area contributed by atoms with E-state index in [1.54, 1.807) is 30.3 Å². The van der Waals surface area contributed by atoms with Gasteiger partial charge in [-0.3, -0.25) is 19.2 Å². The summed E-state index contributed by atoms with van der Waals surface area (Å²) in [7, 11) is 0. The van der Waals surface area contributed by atoms with Crippen molar-refractivity contribution < 1.29 is 81.2 Å². The second kappa shape index (κ2) is 24.1. The molecule has 6 rings (SSSR count). The number of aliphatic hydroxyl groups excluding tert-OH is 1. The number of alkyl carbamates (subject to hydrolysis) is 1. The highest BCUT2D eigenvalue weighted by Crippen LogP contribution is 2.44. The van der Waals surface area contributed by atoms with Gasteiger partial charge in [-0.15, -0.1) is 0 Å². The average molecular weight is 960 g/mol. The number of fused-ring (bicyclic) bond motifs is 3. The Labute approximate surface area is 393 Å². The van der Waals surface area contributed by atoms with Crippen LogP contribution in [0, 0.1) is 0 Å². The van der Waals surface area contributed by atoms with E-state index in [0.29, 0.717) is 5.56 Å². The van der Waals surface area contributed by atoms with E-state index in [0.717, 1.165) is 49.9 Å². The number of ether oxygens (including phenoxy) is 10. The summed E-state index contributed by atoms with van der Waals surface area (Å²) < 4.78 is 56.5. The SMILES string of the molecule is CC(=O)OC[C@H]1O[C@H](OC[C@H]2O[C@H](OC[C@H](NC(=O)OCC3c4ccccc4-c4ccccc43)C(=O)OCc3ccccc3)[C@H](N=[N+]=[N-])[C@@H](OC(C)=O)[C@H]2O)[C@H](N=[N+]=[N-])[C@@H](OC(C)=O)[C@H]1OC(C)=O. The summed E-state index contributed by atoms with van der Waals surface area (Å²) in [5, 5.41) is 21.4. The van der Waals surface area contributed by atoms with Crippen molar-refractivity contribution in [3.63, 3.8) is 0 Å². The fraction of sp³-hybridized carbons (Fsp3) is 0.467. The smallest absolute Gasteiger partial charge is 0.407 e. The quantitative estimate of drug-likeness (QED) is 0.0559. The van der Waals surface area contributed by atoms with Crippen molar-refractivity contribution in [2.45, 2.75) is 108 Å².